The van der Waals surface area contributed by atoms with E-state index in [1.165, 1.54) is 0 Å². The van der Waals surface area contributed by atoms with Crippen molar-refractivity contribution >= 4 is 33.2 Å². The largest absolute Gasteiger partial charge is 0.375 e. The zero-order valence-corrected chi connectivity index (χ0v) is 16.0. The Morgan fingerprint density at radius 1 is 1.08 bits per heavy atom. The lowest BCUT2D eigenvalue weighted by atomic mass is 10.1. The standard InChI is InChI=1S/C19H22N2O3S2/c22-19(21-12-15-10-11-26(23,24)14-15)13-20-17-8-4-5-9-18(17)25-16-6-2-1-3-7-16/h1-9,15,20H,10-14H2,(H,21,22). The number of para-hydroxylation sites is 1. The molecule has 0 aliphatic carbocycles. The van der Waals surface area contributed by atoms with Crippen molar-refractivity contribution in [1.29, 1.82) is 0 Å². The van der Waals surface area contributed by atoms with Crippen molar-refractivity contribution in [2.24, 2.45) is 5.92 Å². The van der Waals surface area contributed by atoms with Gasteiger partial charge in [0.1, 0.15) is 0 Å². The van der Waals surface area contributed by atoms with E-state index in [1.807, 2.05) is 54.6 Å². The van der Waals surface area contributed by atoms with Crippen LogP contribution in [0.5, 0.6) is 0 Å². The van der Waals surface area contributed by atoms with Crippen LogP contribution in [0.4, 0.5) is 5.69 Å². The van der Waals surface area contributed by atoms with E-state index in [0.29, 0.717) is 13.0 Å². The third-order valence-electron chi connectivity index (χ3n) is 4.21. The highest BCUT2D eigenvalue weighted by Gasteiger charge is 2.27. The van der Waals surface area contributed by atoms with Gasteiger partial charge in [-0.3, -0.25) is 4.79 Å². The Kier molecular flexibility index (Phi) is 6.21. The predicted octanol–water partition coefficient (Wildman–Crippen LogP) is 2.80. The zero-order valence-electron chi connectivity index (χ0n) is 14.4. The van der Waals surface area contributed by atoms with Crippen LogP contribution in [-0.2, 0) is 14.6 Å². The van der Waals surface area contributed by atoms with Gasteiger partial charge in [-0.15, -0.1) is 0 Å². The van der Waals surface area contributed by atoms with Gasteiger partial charge in [-0.1, -0.05) is 42.1 Å². The monoisotopic (exact) mass is 390 g/mol. The Labute approximate surface area is 158 Å². The number of amides is 1. The first-order chi connectivity index (χ1) is 12.5. The fourth-order valence-electron chi connectivity index (χ4n) is 2.85. The number of anilines is 1. The molecule has 0 saturated carbocycles. The molecule has 3 rings (SSSR count). The fraction of sp³-hybridized carbons (Fsp3) is 0.316. The quantitative estimate of drug-likeness (QED) is 0.760. The highest BCUT2D eigenvalue weighted by Crippen LogP contribution is 2.32. The number of carbonyl (C=O) groups is 1. The van der Waals surface area contributed by atoms with E-state index < -0.39 is 9.84 Å². The Morgan fingerprint density at radius 3 is 2.54 bits per heavy atom. The molecular weight excluding hydrogens is 368 g/mol. The number of benzene rings is 2. The summed E-state index contributed by atoms with van der Waals surface area (Å²) in [5.74, 6) is 0.311. The molecule has 1 atom stereocenters. The first-order valence-corrected chi connectivity index (χ1v) is 11.2. The minimum absolute atomic E-state index is 0.0323. The highest BCUT2D eigenvalue weighted by atomic mass is 32.2. The van der Waals surface area contributed by atoms with Crippen molar-refractivity contribution in [3.63, 3.8) is 0 Å². The number of sulfone groups is 1. The van der Waals surface area contributed by atoms with Crippen LogP contribution in [-0.4, -0.2) is 38.9 Å². The second-order valence-corrected chi connectivity index (χ2v) is 9.68. The van der Waals surface area contributed by atoms with Gasteiger partial charge in [-0.25, -0.2) is 8.42 Å². The SMILES string of the molecule is O=C(CNc1ccccc1Sc1ccccc1)NCC1CCS(=O)(=O)C1. The molecule has 0 aromatic heterocycles. The van der Waals surface area contributed by atoms with Gasteiger partial charge in [0.15, 0.2) is 9.84 Å². The Hall–Kier alpha value is -1.99. The summed E-state index contributed by atoms with van der Waals surface area (Å²) in [6.07, 6.45) is 0.632. The second kappa shape index (κ2) is 8.60. The van der Waals surface area contributed by atoms with Gasteiger partial charge in [-0.2, -0.15) is 0 Å². The minimum atomic E-state index is -2.90. The molecule has 7 heteroatoms. The van der Waals surface area contributed by atoms with E-state index in [9.17, 15) is 13.2 Å². The van der Waals surface area contributed by atoms with Crippen LogP contribution < -0.4 is 10.6 Å². The molecule has 0 spiro atoms. The molecule has 1 amide bonds. The summed E-state index contributed by atoms with van der Waals surface area (Å²) in [6, 6.07) is 17.9. The van der Waals surface area contributed by atoms with E-state index in [0.717, 1.165) is 15.5 Å². The van der Waals surface area contributed by atoms with E-state index in [4.69, 9.17) is 0 Å². The van der Waals surface area contributed by atoms with Crippen LogP contribution >= 0.6 is 11.8 Å². The molecule has 1 saturated heterocycles. The molecular formula is C19H22N2O3S2. The number of hydrogen-bond acceptors (Lipinski definition) is 5. The topological polar surface area (TPSA) is 75.3 Å². The van der Waals surface area contributed by atoms with Crippen molar-refractivity contribution in [2.75, 3.05) is 29.9 Å². The Bertz CT molecular complexity index is 854. The van der Waals surface area contributed by atoms with Crippen LogP contribution in [0.2, 0.25) is 0 Å². The molecule has 2 N–H and O–H groups in total. The van der Waals surface area contributed by atoms with Gasteiger partial charge in [0, 0.05) is 22.0 Å². The van der Waals surface area contributed by atoms with Gasteiger partial charge >= 0.3 is 0 Å². The maximum atomic E-state index is 12.1. The van der Waals surface area contributed by atoms with E-state index >= 15 is 0 Å². The van der Waals surface area contributed by atoms with Crippen molar-refractivity contribution in [3.8, 4) is 0 Å². The maximum absolute atomic E-state index is 12.1. The average Bonchev–Trinajstić information content (AvgIpc) is 2.99. The smallest absolute Gasteiger partial charge is 0.239 e. The van der Waals surface area contributed by atoms with E-state index in [-0.39, 0.29) is 29.9 Å². The summed E-state index contributed by atoms with van der Waals surface area (Å²) in [5.41, 5.74) is 0.903. The van der Waals surface area contributed by atoms with Crippen LogP contribution in [0.15, 0.2) is 64.4 Å². The lowest BCUT2D eigenvalue weighted by molar-refractivity contribution is -0.119. The van der Waals surface area contributed by atoms with Crippen LogP contribution in [0.25, 0.3) is 0 Å². The number of carbonyl (C=O) groups excluding carboxylic acids is 1. The molecule has 1 fully saturated rings. The molecule has 2 aromatic rings. The average molecular weight is 391 g/mol. The van der Waals surface area contributed by atoms with Gasteiger partial charge in [0.2, 0.25) is 5.91 Å². The lowest BCUT2D eigenvalue weighted by Crippen LogP contribution is -2.34. The number of nitrogens with one attached hydrogen (secondary N) is 2. The summed E-state index contributed by atoms with van der Waals surface area (Å²) < 4.78 is 22.9. The summed E-state index contributed by atoms with van der Waals surface area (Å²) in [6.45, 7) is 0.575. The minimum Gasteiger partial charge on any atom is -0.375 e. The third-order valence-corrected chi connectivity index (χ3v) is 7.13. The van der Waals surface area contributed by atoms with Crippen LogP contribution in [0.3, 0.4) is 0 Å². The van der Waals surface area contributed by atoms with Crippen molar-refractivity contribution in [1.82, 2.24) is 5.32 Å². The van der Waals surface area contributed by atoms with Crippen LogP contribution in [0.1, 0.15) is 6.42 Å². The summed E-state index contributed by atoms with van der Waals surface area (Å²) in [4.78, 5) is 14.3. The Morgan fingerprint density at radius 2 is 1.81 bits per heavy atom. The summed E-state index contributed by atoms with van der Waals surface area (Å²) in [7, 11) is -2.90. The first kappa shape index (κ1) is 18.8. The van der Waals surface area contributed by atoms with Crippen molar-refractivity contribution < 1.29 is 13.2 Å². The molecule has 1 unspecified atom stereocenters. The summed E-state index contributed by atoms with van der Waals surface area (Å²) >= 11 is 1.64. The predicted molar refractivity (Wildman–Crippen MR) is 105 cm³/mol. The molecule has 26 heavy (non-hydrogen) atoms. The lowest BCUT2D eigenvalue weighted by Gasteiger charge is -2.13. The van der Waals surface area contributed by atoms with Gasteiger partial charge in [0.25, 0.3) is 0 Å². The van der Waals surface area contributed by atoms with E-state index in [2.05, 4.69) is 10.6 Å². The molecule has 1 aliphatic heterocycles. The normalized spacial score (nSPS) is 18.4. The fourth-order valence-corrected chi connectivity index (χ4v) is 5.65. The molecule has 0 bridgehead atoms. The highest BCUT2D eigenvalue weighted by molar-refractivity contribution is 7.99. The van der Waals surface area contributed by atoms with E-state index in [1.54, 1.807) is 11.8 Å². The van der Waals surface area contributed by atoms with Crippen LogP contribution in [0, 0.1) is 5.92 Å². The second-order valence-electron chi connectivity index (χ2n) is 6.34. The molecule has 0 radical (unpaired) electrons. The zero-order chi connectivity index (χ0) is 18.4. The van der Waals surface area contributed by atoms with Gasteiger partial charge < -0.3 is 10.6 Å². The first-order valence-electron chi connectivity index (χ1n) is 8.55. The Balaban J connectivity index is 1.50. The van der Waals surface area contributed by atoms with Crippen molar-refractivity contribution in [2.45, 2.75) is 16.2 Å². The van der Waals surface area contributed by atoms with Gasteiger partial charge in [-0.05, 0) is 36.6 Å². The maximum Gasteiger partial charge on any atom is 0.239 e. The molecule has 2 aromatic carbocycles. The van der Waals surface area contributed by atoms with Crippen molar-refractivity contribution in [3.05, 3.63) is 54.6 Å². The molecule has 138 valence electrons. The number of hydrogen-bond donors (Lipinski definition) is 2. The van der Waals surface area contributed by atoms with Gasteiger partial charge in [0.05, 0.1) is 18.1 Å². The molecule has 1 heterocycles. The third kappa shape index (κ3) is 5.51. The summed E-state index contributed by atoms with van der Waals surface area (Å²) in [5, 5.41) is 6.00. The number of rotatable bonds is 7. The molecule has 5 nitrogen and oxygen atoms in total. The molecule has 1 aliphatic rings.